The Morgan fingerprint density at radius 1 is 1.25 bits per heavy atom. The number of carbonyl (C=O) groups is 1. The summed E-state index contributed by atoms with van der Waals surface area (Å²) in [5, 5.41) is 9.56. The van der Waals surface area contributed by atoms with Crippen LogP contribution in [0.15, 0.2) is 42.5 Å². The molecule has 0 unspecified atom stereocenters. The van der Waals surface area contributed by atoms with Gasteiger partial charge in [-0.2, -0.15) is 5.26 Å². The van der Waals surface area contributed by atoms with E-state index in [2.05, 4.69) is 16.0 Å². The van der Waals surface area contributed by atoms with Gasteiger partial charge >= 0.3 is 5.97 Å². The molecule has 0 amide bonds. The quantitative estimate of drug-likeness (QED) is 0.499. The second kappa shape index (κ2) is 8.73. The van der Waals surface area contributed by atoms with Gasteiger partial charge < -0.3 is 19.2 Å². The molecule has 0 aliphatic rings. The summed E-state index contributed by atoms with van der Waals surface area (Å²) in [6.07, 6.45) is 1.70. The van der Waals surface area contributed by atoms with Crippen LogP contribution in [0, 0.1) is 11.3 Å². The number of imidazole rings is 1. The number of aromatic amines is 1. The first kappa shape index (κ1) is 19.0. The number of nitriles is 1. The fourth-order valence-electron chi connectivity index (χ4n) is 2.63. The number of esters is 1. The monoisotopic (exact) mass is 377 g/mol. The molecule has 28 heavy (non-hydrogen) atoms. The minimum Gasteiger partial charge on any atom is -0.493 e. The highest BCUT2D eigenvalue weighted by Gasteiger charge is 2.11. The Hall–Kier alpha value is -3.79. The molecule has 7 nitrogen and oxygen atoms in total. The average molecular weight is 377 g/mol. The van der Waals surface area contributed by atoms with E-state index in [1.165, 1.54) is 7.11 Å². The van der Waals surface area contributed by atoms with E-state index in [9.17, 15) is 10.1 Å². The minimum absolute atomic E-state index is 0.207. The SMILES string of the molecule is CCOC(=O)COc1ccc(/C=C(/C#N)c2nc3ccccc3[nH]2)cc1OC. The molecule has 0 aliphatic heterocycles. The molecule has 3 aromatic rings. The lowest BCUT2D eigenvalue weighted by Gasteiger charge is -2.11. The number of methoxy groups -OCH3 is 1. The van der Waals surface area contributed by atoms with E-state index in [0.717, 1.165) is 16.6 Å². The number of nitrogens with zero attached hydrogens (tertiary/aromatic N) is 2. The lowest BCUT2D eigenvalue weighted by atomic mass is 10.1. The van der Waals surface area contributed by atoms with Crippen LogP contribution >= 0.6 is 0 Å². The molecule has 0 spiro atoms. The van der Waals surface area contributed by atoms with Crippen molar-refractivity contribution in [2.24, 2.45) is 0 Å². The predicted molar refractivity (Wildman–Crippen MR) is 105 cm³/mol. The lowest BCUT2D eigenvalue weighted by molar-refractivity contribution is -0.145. The Morgan fingerprint density at radius 3 is 2.79 bits per heavy atom. The molecule has 0 saturated heterocycles. The van der Waals surface area contributed by atoms with Crippen LogP contribution in [0.1, 0.15) is 18.3 Å². The maximum Gasteiger partial charge on any atom is 0.344 e. The molecular formula is C21H19N3O4. The van der Waals surface area contributed by atoms with Crippen LogP contribution in [0.25, 0.3) is 22.7 Å². The molecule has 1 aromatic heterocycles. The second-order valence-corrected chi connectivity index (χ2v) is 5.78. The second-order valence-electron chi connectivity index (χ2n) is 5.78. The van der Waals surface area contributed by atoms with E-state index in [1.54, 1.807) is 31.2 Å². The molecule has 0 fully saturated rings. The van der Waals surface area contributed by atoms with E-state index in [-0.39, 0.29) is 6.61 Å². The first-order valence-corrected chi connectivity index (χ1v) is 8.68. The number of benzene rings is 2. The fourth-order valence-corrected chi connectivity index (χ4v) is 2.63. The van der Waals surface area contributed by atoms with Crippen LogP contribution in [-0.2, 0) is 9.53 Å². The van der Waals surface area contributed by atoms with Gasteiger partial charge in [0.1, 0.15) is 11.9 Å². The van der Waals surface area contributed by atoms with E-state index in [1.807, 2.05) is 24.3 Å². The minimum atomic E-state index is -0.454. The molecule has 1 N–H and O–H groups in total. The average Bonchev–Trinajstić information content (AvgIpc) is 3.15. The predicted octanol–water partition coefficient (Wildman–Crippen LogP) is 3.58. The van der Waals surface area contributed by atoms with Crippen LogP contribution in [-0.4, -0.2) is 36.3 Å². The van der Waals surface area contributed by atoms with Gasteiger partial charge in [0.05, 0.1) is 30.3 Å². The number of para-hydroxylation sites is 2. The summed E-state index contributed by atoms with van der Waals surface area (Å²) in [5.41, 5.74) is 2.77. The zero-order valence-electron chi connectivity index (χ0n) is 15.6. The van der Waals surface area contributed by atoms with Gasteiger partial charge in [-0.25, -0.2) is 9.78 Å². The first-order chi connectivity index (χ1) is 13.6. The van der Waals surface area contributed by atoms with E-state index >= 15 is 0 Å². The standard InChI is InChI=1S/C21H19N3O4/c1-3-27-20(25)13-28-18-9-8-14(11-19(18)26-2)10-15(12-22)21-23-16-6-4-5-7-17(16)24-21/h4-11H,3,13H2,1-2H3,(H,23,24)/b15-10-. The van der Waals surface area contributed by atoms with Crippen molar-refractivity contribution in [3.8, 4) is 17.6 Å². The fraction of sp³-hybridized carbons (Fsp3) is 0.190. The molecule has 3 rings (SSSR count). The number of ether oxygens (including phenoxy) is 3. The summed E-state index contributed by atoms with van der Waals surface area (Å²) in [6, 6.07) is 14.9. The zero-order valence-corrected chi connectivity index (χ0v) is 15.6. The smallest absolute Gasteiger partial charge is 0.344 e. The third-order valence-electron chi connectivity index (χ3n) is 3.91. The van der Waals surface area contributed by atoms with Crippen LogP contribution in [0.3, 0.4) is 0 Å². The highest BCUT2D eigenvalue weighted by Crippen LogP contribution is 2.30. The Balaban J connectivity index is 1.85. The van der Waals surface area contributed by atoms with Crippen molar-refractivity contribution in [3.05, 3.63) is 53.9 Å². The Bertz CT molecular complexity index is 1030. The summed E-state index contributed by atoms with van der Waals surface area (Å²) in [5.74, 6) is 0.894. The highest BCUT2D eigenvalue weighted by atomic mass is 16.6. The maximum atomic E-state index is 11.5. The first-order valence-electron chi connectivity index (χ1n) is 8.68. The molecule has 2 aromatic carbocycles. The van der Waals surface area contributed by atoms with Crippen molar-refractivity contribution >= 4 is 28.7 Å². The van der Waals surface area contributed by atoms with Crippen molar-refractivity contribution in [2.45, 2.75) is 6.92 Å². The van der Waals surface area contributed by atoms with Gasteiger partial charge in [0.15, 0.2) is 18.1 Å². The van der Waals surface area contributed by atoms with E-state index < -0.39 is 5.97 Å². The number of rotatable bonds is 7. The van der Waals surface area contributed by atoms with Crippen molar-refractivity contribution < 1.29 is 19.0 Å². The number of carbonyl (C=O) groups excluding carboxylic acids is 1. The largest absolute Gasteiger partial charge is 0.493 e. The molecule has 0 bridgehead atoms. The summed E-state index contributed by atoms with van der Waals surface area (Å²) < 4.78 is 15.6. The Morgan fingerprint density at radius 2 is 2.07 bits per heavy atom. The van der Waals surface area contributed by atoms with Gasteiger partial charge in [-0.1, -0.05) is 18.2 Å². The van der Waals surface area contributed by atoms with Crippen molar-refractivity contribution in [2.75, 3.05) is 20.3 Å². The van der Waals surface area contributed by atoms with Crippen molar-refractivity contribution in [1.82, 2.24) is 9.97 Å². The molecule has 1 heterocycles. The molecule has 0 saturated carbocycles. The zero-order chi connectivity index (χ0) is 19.9. The maximum absolute atomic E-state index is 11.5. The summed E-state index contributed by atoms with van der Waals surface area (Å²) in [7, 11) is 1.50. The van der Waals surface area contributed by atoms with Gasteiger partial charge in [-0.05, 0) is 42.8 Å². The van der Waals surface area contributed by atoms with Gasteiger partial charge in [-0.15, -0.1) is 0 Å². The van der Waals surface area contributed by atoms with Crippen molar-refractivity contribution in [1.29, 1.82) is 5.26 Å². The summed E-state index contributed by atoms with van der Waals surface area (Å²) >= 11 is 0. The Labute approximate surface area is 162 Å². The van der Waals surface area contributed by atoms with Crippen LogP contribution in [0.2, 0.25) is 0 Å². The molecule has 7 heteroatoms. The third-order valence-corrected chi connectivity index (χ3v) is 3.91. The number of allylic oxidation sites excluding steroid dienone is 1. The number of nitrogens with one attached hydrogen (secondary N) is 1. The van der Waals surface area contributed by atoms with Gasteiger partial charge in [0, 0.05) is 0 Å². The number of aromatic nitrogens is 2. The number of fused-ring (bicyclic) bond motifs is 1. The summed E-state index contributed by atoms with van der Waals surface area (Å²) in [4.78, 5) is 19.0. The lowest BCUT2D eigenvalue weighted by Crippen LogP contribution is -2.14. The van der Waals surface area contributed by atoms with E-state index in [4.69, 9.17) is 14.2 Å². The molecule has 0 aliphatic carbocycles. The normalized spacial score (nSPS) is 11.1. The third kappa shape index (κ3) is 4.30. The van der Waals surface area contributed by atoms with Gasteiger partial charge in [0.2, 0.25) is 0 Å². The molecule has 0 atom stereocenters. The van der Waals surface area contributed by atoms with Crippen molar-refractivity contribution in [3.63, 3.8) is 0 Å². The number of H-pyrrole nitrogens is 1. The van der Waals surface area contributed by atoms with Gasteiger partial charge in [0.25, 0.3) is 0 Å². The number of hydrogen-bond acceptors (Lipinski definition) is 6. The van der Waals surface area contributed by atoms with Gasteiger partial charge in [-0.3, -0.25) is 0 Å². The molecular weight excluding hydrogens is 358 g/mol. The van der Waals surface area contributed by atoms with E-state index in [0.29, 0.717) is 29.5 Å². The van der Waals surface area contributed by atoms with Crippen LogP contribution in [0.4, 0.5) is 0 Å². The molecule has 142 valence electrons. The summed E-state index contributed by atoms with van der Waals surface area (Å²) in [6.45, 7) is 1.82. The topological polar surface area (TPSA) is 97.2 Å². The number of hydrogen-bond donors (Lipinski definition) is 1. The molecule has 0 radical (unpaired) electrons. The van der Waals surface area contributed by atoms with Crippen LogP contribution in [0.5, 0.6) is 11.5 Å². The highest BCUT2D eigenvalue weighted by molar-refractivity contribution is 5.90. The van der Waals surface area contributed by atoms with Crippen LogP contribution < -0.4 is 9.47 Å². The Kier molecular flexibility index (Phi) is 5.92.